The first-order valence-corrected chi connectivity index (χ1v) is 6.21. The first-order chi connectivity index (χ1) is 8.74. The molecule has 0 aliphatic carbocycles. The van der Waals surface area contributed by atoms with Gasteiger partial charge in [-0.1, -0.05) is 6.92 Å². The fraction of sp³-hybridized carbons (Fsp3) is 0.500. The molecule has 0 saturated heterocycles. The Morgan fingerprint density at radius 1 is 1.28 bits per heavy atom. The van der Waals surface area contributed by atoms with Gasteiger partial charge in [0.1, 0.15) is 0 Å². The number of nitrogens with one attached hydrogen (secondary N) is 1. The van der Waals surface area contributed by atoms with Crippen LogP contribution < -0.4 is 5.32 Å². The number of nitrogens with zero attached hydrogens (tertiary/aromatic N) is 4. The Morgan fingerprint density at radius 3 is 2.78 bits per heavy atom. The zero-order valence-corrected chi connectivity index (χ0v) is 10.7. The Bertz CT molecular complexity index is 502. The molecular weight excluding hydrogens is 233 g/mol. The minimum atomic E-state index is -0.272. The van der Waals surface area contributed by atoms with Gasteiger partial charge in [0.15, 0.2) is 0 Å². The largest absolute Gasteiger partial charge is 0.378 e. The third kappa shape index (κ3) is 2.69. The maximum absolute atomic E-state index is 13.7. The molecule has 2 aromatic heterocycles. The van der Waals surface area contributed by atoms with E-state index in [2.05, 4.69) is 22.4 Å². The van der Waals surface area contributed by atoms with Crippen molar-refractivity contribution >= 4 is 5.69 Å². The summed E-state index contributed by atoms with van der Waals surface area (Å²) in [5.41, 5.74) is 1.46. The maximum Gasteiger partial charge on any atom is 0.216 e. The predicted octanol–water partition coefficient (Wildman–Crippen LogP) is 2.26. The van der Waals surface area contributed by atoms with E-state index in [1.54, 1.807) is 12.4 Å². The van der Waals surface area contributed by atoms with Crippen molar-refractivity contribution in [1.29, 1.82) is 0 Å². The van der Waals surface area contributed by atoms with Crippen molar-refractivity contribution in [3.8, 4) is 0 Å². The molecule has 1 N–H and O–H groups in total. The summed E-state index contributed by atoms with van der Waals surface area (Å²) >= 11 is 0. The van der Waals surface area contributed by atoms with Crippen molar-refractivity contribution < 1.29 is 4.39 Å². The van der Waals surface area contributed by atoms with Gasteiger partial charge in [-0.2, -0.15) is 14.6 Å². The summed E-state index contributed by atoms with van der Waals surface area (Å²) in [5, 5.41) is 11.3. The van der Waals surface area contributed by atoms with Gasteiger partial charge in [0, 0.05) is 31.4 Å². The Morgan fingerprint density at radius 2 is 2.11 bits per heavy atom. The molecule has 0 saturated carbocycles. The van der Waals surface area contributed by atoms with Crippen LogP contribution >= 0.6 is 0 Å². The van der Waals surface area contributed by atoms with Gasteiger partial charge in [-0.15, -0.1) is 0 Å². The van der Waals surface area contributed by atoms with Gasteiger partial charge < -0.3 is 5.32 Å². The minimum absolute atomic E-state index is 0.272. The van der Waals surface area contributed by atoms with E-state index in [0.717, 1.165) is 18.7 Å². The second kappa shape index (κ2) is 5.66. The molecule has 0 amide bonds. The molecule has 2 aromatic rings. The topological polar surface area (TPSA) is 47.7 Å². The summed E-state index contributed by atoms with van der Waals surface area (Å²) in [5.74, 6) is -0.272. The van der Waals surface area contributed by atoms with E-state index in [0.29, 0.717) is 18.7 Å². The van der Waals surface area contributed by atoms with Crippen molar-refractivity contribution in [2.75, 3.05) is 5.32 Å². The van der Waals surface area contributed by atoms with Gasteiger partial charge in [-0.05, 0) is 13.3 Å². The van der Waals surface area contributed by atoms with Gasteiger partial charge in [-0.25, -0.2) is 4.68 Å². The molecule has 18 heavy (non-hydrogen) atoms. The zero-order chi connectivity index (χ0) is 13.0. The first-order valence-electron chi connectivity index (χ1n) is 6.21. The summed E-state index contributed by atoms with van der Waals surface area (Å²) in [4.78, 5) is 0. The molecule has 0 unspecified atom stereocenters. The van der Waals surface area contributed by atoms with E-state index in [1.807, 2.05) is 17.8 Å². The van der Waals surface area contributed by atoms with Crippen molar-refractivity contribution in [1.82, 2.24) is 19.6 Å². The number of aryl methyl sites for hydroxylation is 2. The molecule has 2 heterocycles. The summed E-state index contributed by atoms with van der Waals surface area (Å²) in [7, 11) is 0. The van der Waals surface area contributed by atoms with E-state index < -0.39 is 0 Å². The van der Waals surface area contributed by atoms with Gasteiger partial charge >= 0.3 is 0 Å². The molecule has 0 spiro atoms. The van der Waals surface area contributed by atoms with Crippen LogP contribution in [0.1, 0.15) is 25.8 Å². The second-order valence-electron chi connectivity index (χ2n) is 4.12. The molecule has 0 radical (unpaired) electrons. The van der Waals surface area contributed by atoms with Crippen LogP contribution in [-0.2, 0) is 19.6 Å². The molecule has 0 aromatic carbocycles. The molecule has 5 nitrogen and oxygen atoms in total. The third-order valence-electron chi connectivity index (χ3n) is 2.71. The maximum atomic E-state index is 13.7. The summed E-state index contributed by atoms with van der Waals surface area (Å²) < 4.78 is 16.9. The van der Waals surface area contributed by atoms with Crippen molar-refractivity contribution in [3.05, 3.63) is 30.1 Å². The molecule has 0 atom stereocenters. The predicted molar refractivity (Wildman–Crippen MR) is 67.7 cm³/mol. The van der Waals surface area contributed by atoms with Gasteiger partial charge in [0.2, 0.25) is 5.95 Å². The van der Waals surface area contributed by atoms with E-state index in [1.165, 1.54) is 4.68 Å². The molecule has 6 heteroatoms. The quantitative estimate of drug-likeness (QED) is 0.856. The van der Waals surface area contributed by atoms with Gasteiger partial charge in [0.25, 0.3) is 0 Å². The van der Waals surface area contributed by atoms with Crippen LogP contribution in [0.4, 0.5) is 10.1 Å². The molecule has 0 bridgehead atoms. The number of rotatable bonds is 6. The Balaban J connectivity index is 1.95. The minimum Gasteiger partial charge on any atom is -0.378 e. The summed E-state index contributed by atoms with van der Waals surface area (Å²) in [6.45, 7) is 5.82. The lowest BCUT2D eigenvalue weighted by atomic mass is 10.3. The van der Waals surface area contributed by atoms with Crippen molar-refractivity contribution in [2.45, 2.75) is 39.9 Å². The molecule has 2 rings (SSSR count). The lowest BCUT2D eigenvalue weighted by molar-refractivity contribution is 0.465. The number of hydrogen-bond donors (Lipinski definition) is 1. The lowest BCUT2D eigenvalue weighted by Gasteiger charge is -2.01. The second-order valence-corrected chi connectivity index (χ2v) is 4.12. The molecule has 0 aliphatic heterocycles. The Kier molecular flexibility index (Phi) is 3.96. The molecule has 0 fully saturated rings. The highest BCUT2D eigenvalue weighted by Gasteiger charge is 2.08. The monoisotopic (exact) mass is 251 g/mol. The fourth-order valence-electron chi connectivity index (χ4n) is 1.75. The molecule has 98 valence electrons. The molecule has 0 aliphatic rings. The van der Waals surface area contributed by atoms with Gasteiger partial charge in [0.05, 0.1) is 18.1 Å². The van der Waals surface area contributed by atoms with Crippen LogP contribution in [0.5, 0.6) is 0 Å². The lowest BCUT2D eigenvalue weighted by Crippen LogP contribution is -2.03. The smallest absolute Gasteiger partial charge is 0.216 e. The highest BCUT2D eigenvalue weighted by molar-refractivity contribution is 5.38. The van der Waals surface area contributed by atoms with E-state index in [9.17, 15) is 4.39 Å². The summed E-state index contributed by atoms with van der Waals surface area (Å²) in [6.07, 6.45) is 6.27. The Labute approximate surface area is 106 Å². The van der Waals surface area contributed by atoms with Crippen LogP contribution in [0.25, 0.3) is 0 Å². The van der Waals surface area contributed by atoms with E-state index in [-0.39, 0.29) is 5.95 Å². The Hall–Kier alpha value is -1.85. The van der Waals surface area contributed by atoms with E-state index in [4.69, 9.17) is 0 Å². The number of anilines is 1. The highest BCUT2D eigenvalue weighted by atomic mass is 19.1. The van der Waals surface area contributed by atoms with E-state index >= 15 is 0 Å². The third-order valence-corrected chi connectivity index (χ3v) is 2.71. The van der Waals surface area contributed by atoms with Crippen molar-refractivity contribution in [2.24, 2.45) is 0 Å². The van der Waals surface area contributed by atoms with Crippen LogP contribution in [-0.4, -0.2) is 19.6 Å². The summed E-state index contributed by atoms with van der Waals surface area (Å²) in [6, 6.07) is 0. The van der Waals surface area contributed by atoms with Crippen LogP contribution in [0.15, 0.2) is 18.6 Å². The van der Waals surface area contributed by atoms with Crippen LogP contribution in [0, 0.1) is 5.95 Å². The SMILES string of the molecule is CCCn1cc(NCc2cnn(CC)c2F)cn1. The zero-order valence-electron chi connectivity index (χ0n) is 10.7. The van der Waals surface area contributed by atoms with Crippen LogP contribution in [0.2, 0.25) is 0 Å². The molecular formula is C12H18FN5. The highest BCUT2D eigenvalue weighted by Crippen LogP contribution is 2.11. The number of aromatic nitrogens is 4. The first kappa shape index (κ1) is 12.6. The van der Waals surface area contributed by atoms with Crippen molar-refractivity contribution in [3.63, 3.8) is 0 Å². The number of halogens is 1. The average Bonchev–Trinajstić information content (AvgIpc) is 2.94. The van der Waals surface area contributed by atoms with Gasteiger partial charge in [-0.3, -0.25) is 4.68 Å². The standard InChI is InChI=1S/C12H18FN5/c1-3-5-17-9-11(8-15-17)14-6-10-7-16-18(4-2)12(10)13/h7-9,14H,3-6H2,1-2H3. The van der Waals surface area contributed by atoms with Crippen LogP contribution in [0.3, 0.4) is 0 Å². The normalized spacial score (nSPS) is 10.8. The fourth-order valence-corrected chi connectivity index (χ4v) is 1.75. The average molecular weight is 251 g/mol. The number of hydrogen-bond acceptors (Lipinski definition) is 3.